The fourth-order valence-electron chi connectivity index (χ4n) is 1.23. The van der Waals surface area contributed by atoms with E-state index in [9.17, 15) is 9.59 Å². The molecule has 0 bridgehead atoms. The lowest BCUT2D eigenvalue weighted by atomic mass is 10.1. The van der Waals surface area contributed by atoms with Crippen molar-refractivity contribution in [3.8, 4) is 11.1 Å². The van der Waals surface area contributed by atoms with Crippen LogP contribution in [0.3, 0.4) is 0 Å². The van der Waals surface area contributed by atoms with Gasteiger partial charge in [0.2, 0.25) is 0 Å². The Hall–Kier alpha value is -3.02. The molecule has 2 aromatic heterocycles. The molecule has 2 N–H and O–H groups in total. The van der Waals surface area contributed by atoms with Gasteiger partial charge >= 0.3 is 11.9 Å². The average Bonchev–Trinajstić information content (AvgIpc) is 2.48. The van der Waals surface area contributed by atoms with Gasteiger partial charge < -0.3 is 10.2 Å². The number of carbonyl (C=O) groups is 2. The Balaban J connectivity index is 0.000000221. The summed E-state index contributed by atoms with van der Waals surface area (Å²) in [7, 11) is 0. The standard InChI is InChI=1S/C10H8N2.C4H4O4/c1-5-11-6-2-9(1)10-3-7-12-8-4-10;5-3(6)1-2-4(7)8/h1-8H;1-2H,(H,5,6)(H,7,8)/b;2-1+. The van der Waals surface area contributed by atoms with E-state index in [4.69, 9.17) is 10.2 Å². The second-order valence-corrected chi connectivity index (χ2v) is 3.48. The van der Waals surface area contributed by atoms with Gasteiger partial charge in [0.15, 0.2) is 0 Å². The van der Waals surface area contributed by atoms with Crippen molar-refractivity contribution < 1.29 is 19.8 Å². The molecule has 0 saturated heterocycles. The molecule has 2 rings (SSSR count). The molecule has 0 saturated carbocycles. The Kier molecular flexibility index (Phi) is 6.13. The maximum absolute atomic E-state index is 9.55. The van der Waals surface area contributed by atoms with Crippen molar-refractivity contribution in [1.82, 2.24) is 9.97 Å². The first-order valence-corrected chi connectivity index (χ1v) is 5.54. The number of rotatable bonds is 3. The second kappa shape index (κ2) is 8.15. The number of hydrogen-bond acceptors (Lipinski definition) is 4. The Labute approximate surface area is 115 Å². The molecule has 0 aromatic carbocycles. The quantitative estimate of drug-likeness (QED) is 0.827. The number of hydrogen-bond donors (Lipinski definition) is 2. The van der Waals surface area contributed by atoms with Crippen LogP contribution in [-0.2, 0) is 9.59 Å². The molecule has 0 spiro atoms. The van der Waals surface area contributed by atoms with Gasteiger partial charge in [0.25, 0.3) is 0 Å². The molecule has 0 aliphatic carbocycles. The summed E-state index contributed by atoms with van der Waals surface area (Å²) < 4.78 is 0. The normalized spacial score (nSPS) is 9.60. The highest BCUT2D eigenvalue weighted by atomic mass is 16.4. The van der Waals surface area contributed by atoms with Crippen molar-refractivity contribution in [1.29, 1.82) is 0 Å². The van der Waals surface area contributed by atoms with Crippen molar-refractivity contribution in [2.75, 3.05) is 0 Å². The maximum Gasteiger partial charge on any atom is 0.328 e. The third-order valence-electron chi connectivity index (χ3n) is 2.06. The van der Waals surface area contributed by atoms with Crippen molar-refractivity contribution in [2.45, 2.75) is 0 Å². The molecule has 2 heterocycles. The number of nitrogens with zero attached hydrogens (tertiary/aromatic N) is 2. The van der Waals surface area contributed by atoms with Crippen LogP contribution in [0, 0.1) is 0 Å². The van der Waals surface area contributed by atoms with Gasteiger partial charge in [-0.2, -0.15) is 0 Å². The molecule has 0 unspecified atom stereocenters. The van der Waals surface area contributed by atoms with Gasteiger partial charge in [-0.15, -0.1) is 0 Å². The number of carboxylic acid groups (broad SMARTS) is 2. The first-order chi connectivity index (χ1) is 9.59. The van der Waals surface area contributed by atoms with Crippen molar-refractivity contribution in [3.05, 3.63) is 61.2 Å². The van der Waals surface area contributed by atoms with E-state index in [1.807, 2.05) is 24.3 Å². The third kappa shape index (κ3) is 6.06. The topological polar surface area (TPSA) is 100 Å². The van der Waals surface area contributed by atoms with Crippen LogP contribution in [0.5, 0.6) is 0 Å². The first kappa shape index (κ1) is 15.0. The predicted molar refractivity (Wildman–Crippen MR) is 71.9 cm³/mol. The maximum atomic E-state index is 9.55. The van der Waals surface area contributed by atoms with E-state index in [1.54, 1.807) is 24.8 Å². The van der Waals surface area contributed by atoms with E-state index in [2.05, 4.69) is 9.97 Å². The smallest absolute Gasteiger partial charge is 0.328 e. The molecule has 2 aromatic rings. The van der Waals surface area contributed by atoms with E-state index in [0.717, 1.165) is 0 Å². The predicted octanol–water partition coefficient (Wildman–Crippen LogP) is 1.86. The van der Waals surface area contributed by atoms with Gasteiger partial charge in [-0.05, 0) is 35.4 Å². The first-order valence-electron chi connectivity index (χ1n) is 5.54. The second-order valence-electron chi connectivity index (χ2n) is 3.48. The van der Waals surface area contributed by atoms with Gasteiger partial charge in [-0.25, -0.2) is 9.59 Å². The van der Waals surface area contributed by atoms with Crippen LogP contribution in [0.25, 0.3) is 11.1 Å². The van der Waals surface area contributed by atoms with E-state index in [0.29, 0.717) is 12.2 Å². The molecule has 0 radical (unpaired) electrons. The van der Waals surface area contributed by atoms with E-state index < -0.39 is 11.9 Å². The molecule has 0 aliphatic rings. The van der Waals surface area contributed by atoms with Crippen LogP contribution < -0.4 is 0 Å². The SMILES string of the molecule is O=C(O)/C=C/C(=O)O.c1cc(-c2ccncc2)ccn1. The largest absolute Gasteiger partial charge is 0.478 e. The minimum absolute atomic E-state index is 0.558. The summed E-state index contributed by atoms with van der Waals surface area (Å²) in [6.45, 7) is 0. The van der Waals surface area contributed by atoms with Crippen LogP contribution in [-0.4, -0.2) is 32.1 Å². The molecule has 0 fully saturated rings. The molecule has 0 atom stereocenters. The molecule has 6 nitrogen and oxygen atoms in total. The molecular weight excluding hydrogens is 260 g/mol. The van der Waals surface area contributed by atoms with Gasteiger partial charge in [-0.3, -0.25) is 9.97 Å². The monoisotopic (exact) mass is 272 g/mol. The highest BCUT2D eigenvalue weighted by molar-refractivity contribution is 5.89. The lowest BCUT2D eigenvalue weighted by Gasteiger charge is -1.97. The molecule has 0 amide bonds. The van der Waals surface area contributed by atoms with Crippen LogP contribution in [0.4, 0.5) is 0 Å². The summed E-state index contributed by atoms with van der Waals surface area (Å²) >= 11 is 0. The minimum atomic E-state index is -1.26. The van der Waals surface area contributed by atoms with E-state index in [-0.39, 0.29) is 0 Å². The number of carboxylic acids is 2. The number of aliphatic carboxylic acids is 2. The Morgan fingerprint density at radius 3 is 1.30 bits per heavy atom. The summed E-state index contributed by atoms with van der Waals surface area (Å²) in [4.78, 5) is 27.0. The molecule has 0 aliphatic heterocycles. The molecule has 20 heavy (non-hydrogen) atoms. The number of pyridine rings is 2. The lowest BCUT2D eigenvalue weighted by molar-refractivity contribution is -0.134. The van der Waals surface area contributed by atoms with Crippen LogP contribution >= 0.6 is 0 Å². The van der Waals surface area contributed by atoms with E-state index >= 15 is 0 Å². The highest BCUT2D eigenvalue weighted by Gasteiger charge is 1.92. The van der Waals surface area contributed by atoms with Gasteiger partial charge in [0.05, 0.1) is 0 Å². The summed E-state index contributed by atoms with van der Waals surface area (Å²) in [6.07, 6.45) is 8.27. The van der Waals surface area contributed by atoms with Crippen molar-refractivity contribution >= 4 is 11.9 Å². The van der Waals surface area contributed by atoms with E-state index in [1.165, 1.54) is 11.1 Å². The summed E-state index contributed by atoms with van der Waals surface area (Å²) in [6, 6.07) is 7.93. The van der Waals surface area contributed by atoms with Crippen LogP contribution in [0.1, 0.15) is 0 Å². The van der Waals surface area contributed by atoms with Gasteiger partial charge in [0.1, 0.15) is 0 Å². The molecule has 102 valence electrons. The van der Waals surface area contributed by atoms with Crippen molar-refractivity contribution in [3.63, 3.8) is 0 Å². The zero-order chi connectivity index (χ0) is 14.8. The summed E-state index contributed by atoms with van der Waals surface area (Å²) in [5.41, 5.74) is 2.35. The van der Waals surface area contributed by atoms with Crippen LogP contribution in [0.15, 0.2) is 61.2 Å². The zero-order valence-corrected chi connectivity index (χ0v) is 10.4. The zero-order valence-electron chi connectivity index (χ0n) is 10.4. The minimum Gasteiger partial charge on any atom is -0.478 e. The Bertz CT molecular complexity index is 529. The highest BCUT2D eigenvalue weighted by Crippen LogP contribution is 2.15. The Morgan fingerprint density at radius 1 is 0.750 bits per heavy atom. The Morgan fingerprint density at radius 2 is 1.05 bits per heavy atom. The third-order valence-corrected chi connectivity index (χ3v) is 2.06. The van der Waals surface area contributed by atoms with Gasteiger partial charge in [0, 0.05) is 36.9 Å². The number of aromatic nitrogens is 2. The van der Waals surface area contributed by atoms with Gasteiger partial charge in [-0.1, -0.05) is 0 Å². The lowest BCUT2D eigenvalue weighted by Crippen LogP contribution is -1.91. The summed E-state index contributed by atoms with van der Waals surface area (Å²) in [5, 5.41) is 15.6. The fraction of sp³-hybridized carbons (Fsp3) is 0. The van der Waals surface area contributed by atoms with Crippen LogP contribution in [0.2, 0.25) is 0 Å². The molecule has 6 heteroatoms. The fourth-order valence-corrected chi connectivity index (χ4v) is 1.23. The van der Waals surface area contributed by atoms with Crippen molar-refractivity contribution in [2.24, 2.45) is 0 Å². The average molecular weight is 272 g/mol. The molecular formula is C14H12N2O4. The summed E-state index contributed by atoms with van der Waals surface area (Å²) in [5.74, 6) is -2.51.